The number of fused-ring (bicyclic) bond motifs is 1. The van der Waals surface area contributed by atoms with Crippen LogP contribution in [0.2, 0.25) is 0 Å². The van der Waals surface area contributed by atoms with Crippen molar-refractivity contribution in [2.24, 2.45) is 0 Å². The van der Waals surface area contributed by atoms with Crippen molar-refractivity contribution >= 4 is 0 Å². The third kappa shape index (κ3) is 3.09. The molecule has 3 N–H and O–H groups in total. The summed E-state index contributed by atoms with van der Waals surface area (Å²) < 4.78 is 0. The van der Waals surface area contributed by atoms with Crippen molar-refractivity contribution in [3.63, 3.8) is 0 Å². The normalized spacial score (nSPS) is 20.6. The minimum atomic E-state index is -1.03. The summed E-state index contributed by atoms with van der Waals surface area (Å²) in [4.78, 5) is 0. The first-order valence-electron chi connectivity index (χ1n) is 7.41. The molecule has 1 aliphatic rings. The van der Waals surface area contributed by atoms with Crippen LogP contribution >= 0.6 is 0 Å². The SMILES string of the molecule is CC(O)(NC1CCc2cc(O)ccc2C1)c1ccccc1. The van der Waals surface area contributed by atoms with Crippen LogP contribution in [0.5, 0.6) is 5.75 Å². The maximum Gasteiger partial charge on any atom is 0.139 e. The average molecular weight is 283 g/mol. The molecule has 0 fully saturated rings. The van der Waals surface area contributed by atoms with Gasteiger partial charge in [0, 0.05) is 6.04 Å². The van der Waals surface area contributed by atoms with Crippen LogP contribution in [0.4, 0.5) is 0 Å². The van der Waals surface area contributed by atoms with Gasteiger partial charge in [0.1, 0.15) is 11.5 Å². The zero-order chi connectivity index (χ0) is 14.9. The first-order valence-corrected chi connectivity index (χ1v) is 7.41. The summed E-state index contributed by atoms with van der Waals surface area (Å²) in [6.07, 6.45) is 2.75. The summed E-state index contributed by atoms with van der Waals surface area (Å²) in [5.74, 6) is 0.330. The van der Waals surface area contributed by atoms with Crippen LogP contribution in [-0.4, -0.2) is 16.3 Å². The van der Waals surface area contributed by atoms with Gasteiger partial charge < -0.3 is 10.2 Å². The van der Waals surface area contributed by atoms with Gasteiger partial charge in [0.05, 0.1) is 0 Å². The number of hydrogen-bond acceptors (Lipinski definition) is 3. The van der Waals surface area contributed by atoms with E-state index in [-0.39, 0.29) is 6.04 Å². The molecule has 3 nitrogen and oxygen atoms in total. The Labute approximate surface area is 125 Å². The molecule has 2 aromatic rings. The van der Waals surface area contributed by atoms with E-state index < -0.39 is 5.72 Å². The third-order valence-electron chi connectivity index (χ3n) is 4.24. The molecule has 0 saturated heterocycles. The van der Waals surface area contributed by atoms with Crippen LogP contribution in [0.3, 0.4) is 0 Å². The second-order valence-electron chi connectivity index (χ2n) is 5.98. The van der Waals surface area contributed by atoms with E-state index in [0.29, 0.717) is 5.75 Å². The average Bonchev–Trinajstić information content (AvgIpc) is 2.48. The Balaban J connectivity index is 1.74. The molecule has 0 saturated carbocycles. The zero-order valence-electron chi connectivity index (χ0n) is 12.2. The van der Waals surface area contributed by atoms with Crippen molar-refractivity contribution in [2.45, 2.75) is 38.0 Å². The summed E-state index contributed by atoms with van der Waals surface area (Å²) in [5.41, 5.74) is 2.31. The lowest BCUT2D eigenvalue weighted by atomic mass is 9.87. The molecule has 110 valence electrons. The van der Waals surface area contributed by atoms with E-state index in [0.717, 1.165) is 24.8 Å². The molecule has 0 aromatic heterocycles. The zero-order valence-corrected chi connectivity index (χ0v) is 12.2. The molecule has 21 heavy (non-hydrogen) atoms. The van der Waals surface area contributed by atoms with Gasteiger partial charge in [0.25, 0.3) is 0 Å². The van der Waals surface area contributed by atoms with Crippen molar-refractivity contribution in [3.05, 3.63) is 65.2 Å². The highest BCUT2D eigenvalue weighted by molar-refractivity contribution is 5.37. The van der Waals surface area contributed by atoms with Gasteiger partial charge in [-0.15, -0.1) is 0 Å². The van der Waals surface area contributed by atoms with Gasteiger partial charge in [0.15, 0.2) is 0 Å². The Morgan fingerprint density at radius 1 is 1.10 bits per heavy atom. The molecule has 1 aliphatic carbocycles. The standard InChI is InChI=1S/C18H21NO2/c1-18(21,15-5-3-2-4-6-15)19-16-9-7-14-12-17(20)10-8-13(14)11-16/h2-6,8,10,12,16,19-21H,7,9,11H2,1H3. The maximum absolute atomic E-state index is 10.7. The highest BCUT2D eigenvalue weighted by atomic mass is 16.3. The molecule has 0 bridgehead atoms. The Bertz CT molecular complexity index is 622. The number of benzene rings is 2. The van der Waals surface area contributed by atoms with Crippen LogP contribution in [0.1, 0.15) is 30.0 Å². The summed E-state index contributed by atoms with van der Waals surface area (Å²) in [6, 6.07) is 15.5. The lowest BCUT2D eigenvalue weighted by molar-refractivity contribution is 0.00583. The number of aryl methyl sites for hydroxylation is 1. The van der Waals surface area contributed by atoms with Crippen molar-refractivity contribution < 1.29 is 10.2 Å². The number of phenolic OH excluding ortho intramolecular Hbond substituents is 1. The fourth-order valence-electron chi connectivity index (χ4n) is 3.11. The topological polar surface area (TPSA) is 52.5 Å². The van der Waals surface area contributed by atoms with Crippen molar-refractivity contribution in [1.82, 2.24) is 5.32 Å². The highest BCUT2D eigenvalue weighted by Crippen LogP contribution is 2.27. The molecular weight excluding hydrogens is 262 g/mol. The fraction of sp³-hybridized carbons (Fsp3) is 0.333. The minimum absolute atomic E-state index is 0.234. The van der Waals surface area contributed by atoms with Crippen LogP contribution in [0, 0.1) is 0 Å². The Hall–Kier alpha value is -1.84. The summed E-state index contributed by atoms with van der Waals surface area (Å²) >= 11 is 0. The molecule has 2 aromatic carbocycles. The number of nitrogens with one attached hydrogen (secondary N) is 1. The van der Waals surface area contributed by atoms with E-state index in [9.17, 15) is 10.2 Å². The first kappa shape index (κ1) is 14.1. The van der Waals surface area contributed by atoms with E-state index in [2.05, 4.69) is 5.32 Å². The van der Waals surface area contributed by atoms with E-state index in [1.165, 1.54) is 11.1 Å². The Kier molecular flexibility index (Phi) is 3.70. The minimum Gasteiger partial charge on any atom is -0.508 e. The number of phenols is 1. The monoisotopic (exact) mass is 283 g/mol. The molecular formula is C18H21NO2. The van der Waals surface area contributed by atoms with Crippen molar-refractivity contribution in [2.75, 3.05) is 0 Å². The lowest BCUT2D eigenvalue weighted by Gasteiger charge is -2.34. The Morgan fingerprint density at radius 3 is 2.62 bits per heavy atom. The van der Waals surface area contributed by atoms with Crippen molar-refractivity contribution in [3.8, 4) is 5.75 Å². The van der Waals surface area contributed by atoms with Gasteiger partial charge in [-0.05, 0) is 55.0 Å². The predicted octanol–water partition coefficient (Wildman–Crippen LogP) is 2.70. The Morgan fingerprint density at radius 2 is 1.86 bits per heavy atom. The van der Waals surface area contributed by atoms with E-state index in [1.807, 2.05) is 42.5 Å². The van der Waals surface area contributed by atoms with Crippen molar-refractivity contribution in [1.29, 1.82) is 0 Å². The second kappa shape index (κ2) is 5.51. The molecule has 0 spiro atoms. The van der Waals surface area contributed by atoms with Gasteiger partial charge in [-0.25, -0.2) is 0 Å². The first-order chi connectivity index (χ1) is 10.0. The van der Waals surface area contributed by atoms with E-state index in [1.54, 1.807) is 13.0 Å². The van der Waals surface area contributed by atoms with Crippen LogP contribution in [0.15, 0.2) is 48.5 Å². The van der Waals surface area contributed by atoms with E-state index in [4.69, 9.17) is 0 Å². The largest absolute Gasteiger partial charge is 0.508 e. The molecule has 0 heterocycles. The quantitative estimate of drug-likeness (QED) is 0.759. The molecule has 0 radical (unpaired) electrons. The number of hydrogen-bond donors (Lipinski definition) is 3. The molecule has 2 unspecified atom stereocenters. The second-order valence-corrected chi connectivity index (χ2v) is 5.98. The molecule has 3 rings (SSSR count). The van der Waals surface area contributed by atoms with Crippen LogP contribution < -0.4 is 5.32 Å². The number of aromatic hydroxyl groups is 1. The van der Waals surface area contributed by atoms with Gasteiger partial charge >= 0.3 is 0 Å². The maximum atomic E-state index is 10.7. The predicted molar refractivity (Wildman–Crippen MR) is 83.1 cm³/mol. The molecule has 3 heteroatoms. The number of aliphatic hydroxyl groups is 1. The van der Waals surface area contributed by atoms with E-state index >= 15 is 0 Å². The summed E-state index contributed by atoms with van der Waals surface area (Å²) in [7, 11) is 0. The van der Waals surface area contributed by atoms with Gasteiger partial charge in [-0.3, -0.25) is 5.32 Å². The van der Waals surface area contributed by atoms with Crippen LogP contribution in [0.25, 0.3) is 0 Å². The van der Waals surface area contributed by atoms with Gasteiger partial charge in [-0.1, -0.05) is 36.4 Å². The highest BCUT2D eigenvalue weighted by Gasteiger charge is 2.28. The molecule has 2 atom stereocenters. The molecule has 0 amide bonds. The van der Waals surface area contributed by atoms with Gasteiger partial charge in [-0.2, -0.15) is 0 Å². The third-order valence-corrected chi connectivity index (χ3v) is 4.24. The lowest BCUT2D eigenvalue weighted by Crippen LogP contribution is -2.48. The van der Waals surface area contributed by atoms with Crippen LogP contribution in [-0.2, 0) is 18.6 Å². The van der Waals surface area contributed by atoms with Gasteiger partial charge in [0.2, 0.25) is 0 Å². The summed E-state index contributed by atoms with van der Waals surface area (Å²) in [6.45, 7) is 1.80. The number of rotatable bonds is 3. The molecule has 0 aliphatic heterocycles. The fourth-order valence-corrected chi connectivity index (χ4v) is 3.11. The smallest absolute Gasteiger partial charge is 0.139 e. The summed E-state index contributed by atoms with van der Waals surface area (Å²) in [5, 5.41) is 23.6.